The third kappa shape index (κ3) is 4.96. The minimum Gasteiger partial charge on any atom is -0.492 e. The van der Waals surface area contributed by atoms with Gasteiger partial charge in [0.05, 0.1) is 13.2 Å². The lowest BCUT2D eigenvalue weighted by atomic mass is 9.61. The number of fused-ring (bicyclic) bond motifs is 3. The van der Waals surface area contributed by atoms with E-state index in [0.29, 0.717) is 24.4 Å². The van der Waals surface area contributed by atoms with Crippen LogP contribution in [0.5, 0.6) is 5.75 Å². The zero-order chi connectivity index (χ0) is 24.6. The van der Waals surface area contributed by atoms with Crippen molar-refractivity contribution in [2.24, 2.45) is 23.7 Å². The van der Waals surface area contributed by atoms with Crippen LogP contribution in [0.25, 0.3) is 0 Å². The molecule has 4 unspecified atom stereocenters. The Kier molecular flexibility index (Phi) is 7.35. The summed E-state index contributed by atoms with van der Waals surface area (Å²) in [5.74, 6) is 2.69. The molecule has 6 rings (SSSR count). The quantitative estimate of drug-likeness (QED) is 0.454. The number of ether oxygens (including phenoxy) is 3. The number of benzene rings is 1. The van der Waals surface area contributed by atoms with E-state index >= 15 is 0 Å². The van der Waals surface area contributed by atoms with Crippen LogP contribution in [0, 0.1) is 23.7 Å². The van der Waals surface area contributed by atoms with E-state index in [1.807, 2.05) is 0 Å². The molecular weight excluding hydrogens is 454 g/mol. The minimum atomic E-state index is -0.600. The zero-order valence-corrected chi connectivity index (χ0v) is 22.3. The van der Waals surface area contributed by atoms with Crippen molar-refractivity contribution in [3.63, 3.8) is 0 Å². The van der Waals surface area contributed by atoms with Gasteiger partial charge in [0.15, 0.2) is 0 Å². The maximum Gasteiger partial charge on any atom is 0.210 e. The summed E-state index contributed by atoms with van der Waals surface area (Å²) in [6.07, 6.45) is 10.2. The third-order valence-electron chi connectivity index (χ3n) is 9.76. The van der Waals surface area contributed by atoms with Gasteiger partial charge in [-0.3, -0.25) is 4.90 Å². The highest BCUT2D eigenvalue weighted by molar-refractivity contribution is 5.30. The monoisotopic (exact) mass is 499 g/mol. The van der Waals surface area contributed by atoms with Gasteiger partial charge in [-0.05, 0) is 80.4 Å². The van der Waals surface area contributed by atoms with Gasteiger partial charge >= 0.3 is 0 Å². The molecule has 5 aliphatic rings. The van der Waals surface area contributed by atoms with Crippen LogP contribution >= 0.6 is 0 Å². The van der Waals surface area contributed by atoms with E-state index in [2.05, 4.69) is 43.0 Å². The predicted octanol–water partition coefficient (Wildman–Crippen LogP) is 5.91. The van der Waals surface area contributed by atoms with Gasteiger partial charge in [0.25, 0.3) is 0 Å². The Hall–Kier alpha value is -1.18. The fraction of sp³-hybridized carbons (Fsp3) is 0.800. The summed E-state index contributed by atoms with van der Waals surface area (Å²) in [4.78, 5) is 15.0. The molecule has 0 N–H and O–H groups in total. The number of hydrogen-bond donors (Lipinski definition) is 0. The second-order valence-corrected chi connectivity index (χ2v) is 12.3. The lowest BCUT2D eigenvalue weighted by Gasteiger charge is -2.51. The van der Waals surface area contributed by atoms with Crippen LogP contribution in [0.1, 0.15) is 83.1 Å². The van der Waals surface area contributed by atoms with Gasteiger partial charge in [-0.25, -0.2) is 0 Å². The Morgan fingerprint density at radius 1 is 1.03 bits per heavy atom. The zero-order valence-electron chi connectivity index (χ0n) is 22.3. The lowest BCUT2D eigenvalue weighted by molar-refractivity contribution is -0.382. The number of nitrogens with zero attached hydrogens (tertiary/aromatic N) is 1. The van der Waals surface area contributed by atoms with E-state index in [9.17, 15) is 0 Å². The molecule has 6 nitrogen and oxygen atoms in total. The van der Waals surface area contributed by atoms with E-state index in [1.54, 1.807) is 0 Å². The predicted molar refractivity (Wildman–Crippen MR) is 138 cm³/mol. The smallest absolute Gasteiger partial charge is 0.210 e. The third-order valence-corrected chi connectivity index (χ3v) is 9.76. The summed E-state index contributed by atoms with van der Waals surface area (Å²) in [5.41, 5.74) is 1.35. The van der Waals surface area contributed by atoms with Crippen molar-refractivity contribution in [2.75, 3.05) is 39.5 Å². The molecule has 0 amide bonds. The Morgan fingerprint density at radius 3 is 2.67 bits per heavy atom. The molecule has 2 aliphatic heterocycles. The fourth-order valence-electron chi connectivity index (χ4n) is 7.99. The normalized spacial score (nSPS) is 41.1. The first-order chi connectivity index (χ1) is 17.6. The lowest BCUT2D eigenvalue weighted by Crippen LogP contribution is -2.55. The first kappa shape index (κ1) is 25.1. The van der Waals surface area contributed by atoms with E-state index in [4.69, 9.17) is 24.0 Å². The highest BCUT2D eigenvalue weighted by Crippen LogP contribution is 2.59. The number of rotatable bonds is 6. The Bertz CT molecular complexity index is 871. The van der Waals surface area contributed by atoms with Gasteiger partial charge in [0.1, 0.15) is 12.4 Å². The first-order valence-corrected chi connectivity index (χ1v) is 14.7. The molecule has 7 atom stereocenters. The van der Waals surface area contributed by atoms with Crippen LogP contribution in [0.3, 0.4) is 0 Å². The van der Waals surface area contributed by atoms with Crippen LogP contribution < -0.4 is 4.74 Å². The largest absolute Gasteiger partial charge is 0.492 e. The van der Waals surface area contributed by atoms with Crippen LogP contribution in [0.4, 0.5) is 0 Å². The van der Waals surface area contributed by atoms with Gasteiger partial charge in [0, 0.05) is 44.3 Å². The Labute approximate surface area is 216 Å². The molecule has 2 saturated heterocycles. The topological polar surface area (TPSA) is 49.4 Å². The Balaban J connectivity index is 1.09. The second kappa shape index (κ2) is 10.5. The molecule has 0 aromatic heterocycles. The summed E-state index contributed by atoms with van der Waals surface area (Å²) in [7, 11) is 0. The summed E-state index contributed by atoms with van der Waals surface area (Å²) < 4.78 is 18.5. The molecule has 2 heterocycles. The summed E-state index contributed by atoms with van der Waals surface area (Å²) >= 11 is 0. The summed E-state index contributed by atoms with van der Waals surface area (Å²) in [6, 6.07) is 8.73. The second-order valence-electron chi connectivity index (χ2n) is 12.3. The van der Waals surface area contributed by atoms with Crippen molar-refractivity contribution in [3.05, 3.63) is 29.8 Å². The van der Waals surface area contributed by atoms with Gasteiger partial charge in [-0.15, -0.1) is 0 Å². The van der Waals surface area contributed by atoms with E-state index in [1.165, 1.54) is 37.7 Å². The molecule has 3 saturated carbocycles. The van der Waals surface area contributed by atoms with Crippen molar-refractivity contribution in [3.8, 4) is 5.75 Å². The SMILES string of the molecule is CCC1CC2CC(C)CC(C2)[C@@]12OO[C@@]1(CCC[C@@H](c3ccc(OCCN4CCOCC4)cc3)C1)O2. The summed E-state index contributed by atoms with van der Waals surface area (Å²) in [6.45, 7) is 10.0. The maximum atomic E-state index is 7.06. The molecule has 5 fully saturated rings. The highest BCUT2D eigenvalue weighted by atomic mass is 17.3. The van der Waals surface area contributed by atoms with Crippen LogP contribution in [0.15, 0.2) is 24.3 Å². The molecule has 200 valence electrons. The van der Waals surface area contributed by atoms with Crippen LogP contribution in [0.2, 0.25) is 0 Å². The van der Waals surface area contributed by atoms with E-state index < -0.39 is 11.6 Å². The molecular formula is C30H45NO5. The molecule has 3 aliphatic carbocycles. The molecule has 0 radical (unpaired) electrons. The maximum absolute atomic E-state index is 7.06. The van der Waals surface area contributed by atoms with Crippen molar-refractivity contribution in [2.45, 2.75) is 89.1 Å². The van der Waals surface area contributed by atoms with Crippen LogP contribution in [-0.2, 0) is 19.2 Å². The minimum absolute atomic E-state index is 0.418. The number of hydrogen-bond acceptors (Lipinski definition) is 6. The van der Waals surface area contributed by atoms with Crippen LogP contribution in [-0.4, -0.2) is 55.9 Å². The van der Waals surface area contributed by atoms with E-state index in [-0.39, 0.29) is 0 Å². The molecule has 1 aromatic rings. The summed E-state index contributed by atoms with van der Waals surface area (Å²) in [5, 5.41) is 0. The molecule has 2 spiro atoms. The van der Waals surface area contributed by atoms with Gasteiger partial charge < -0.3 is 14.2 Å². The highest BCUT2D eigenvalue weighted by Gasteiger charge is 2.63. The molecule has 36 heavy (non-hydrogen) atoms. The van der Waals surface area contributed by atoms with Crippen molar-refractivity contribution in [1.82, 2.24) is 4.90 Å². The van der Waals surface area contributed by atoms with Gasteiger partial charge in [-0.1, -0.05) is 26.0 Å². The number of morpholine rings is 1. The van der Waals surface area contributed by atoms with Crippen molar-refractivity contribution >= 4 is 0 Å². The molecule has 6 heteroatoms. The first-order valence-electron chi connectivity index (χ1n) is 14.7. The Morgan fingerprint density at radius 2 is 1.86 bits per heavy atom. The average Bonchev–Trinajstić information content (AvgIpc) is 3.26. The van der Waals surface area contributed by atoms with Gasteiger partial charge in [0.2, 0.25) is 11.6 Å². The fourth-order valence-corrected chi connectivity index (χ4v) is 7.99. The van der Waals surface area contributed by atoms with Crippen molar-refractivity contribution in [1.29, 1.82) is 0 Å². The van der Waals surface area contributed by atoms with Crippen molar-refractivity contribution < 1.29 is 24.0 Å². The van der Waals surface area contributed by atoms with Gasteiger partial charge in [-0.2, -0.15) is 9.78 Å². The molecule has 1 aromatic carbocycles. The standard InChI is InChI=1S/C30H45NO5/c1-3-26-19-23-17-22(2)18-27(20-23)30(26)34-29(35-36-30)10-4-5-25(21-29)24-6-8-28(9-7-24)33-16-13-31-11-14-32-15-12-31/h6-9,22-23,25-27H,3-5,10-21H2,1-2H3/t22?,23?,25-,26?,27?,29-,30+/m1/s1. The van der Waals surface area contributed by atoms with E-state index in [0.717, 1.165) is 76.1 Å². The molecule has 2 bridgehead atoms. The average molecular weight is 500 g/mol.